The highest BCUT2D eigenvalue weighted by Crippen LogP contribution is 2.14. The van der Waals surface area contributed by atoms with Crippen LogP contribution in [0, 0.1) is 0 Å². The average molecular weight is 143 g/mol. The van der Waals surface area contributed by atoms with Crippen molar-refractivity contribution in [1.29, 1.82) is 0 Å². The third-order valence-corrected chi connectivity index (χ3v) is 2.22. The van der Waals surface area contributed by atoms with Gasteiger partial charge in [0.25, 0.3) is 0 Å². The fourth-order valence-electron chi connectivity index (χ4n) is 0.455. The first-order valence-electron chi connectivity index (χ1n) is 1.99. The lowest BCUT2D eigenvalue weighted by Gasteiger charge is -1.57. The third kappa shape index (κ3) is 0.452. The summed E-state index contributed by atoms with van der Waals surface area (Å²) in [6.45, 7) is 0. The molecule has 0 unspecified atom stereocenters. The Morgan fingerprint density at radius 2 is 2.50 bits per heavy atom. The van der Waals surface area contributed by atoms with Crippen LogP contribution >= 0.6 is 23.1 Å². The molecule has 0 aliphatic carbocycles. The molecule has 0 radical (unpaired) electrons. The van der Waals surface area contributed by atoms with Crippen molar-refractivity contribution in [2.45, 2.75) is 0 Å². The summed E-state index contributed by atoms with van der Waals surface area (Å²) in [5.41, 5.74) is 0.778. The van der Waals surface area contributed by atoms with E-state index in [9.17, 15) is 0 Å². The number of hydrogen-bond acceptors (Lipinski definition) is 5. The summed E-state index contributed by atoms with van der Waals surface area (Å²) in [5, 5.41) is 5.69. The number of fused-ring (bicyclic) bond motifs is 1. The predicted octanol–water partition coefficient (Wildman–Crippen LogP) is 1.15. The molecule has 0 saturated heterocycles. The predicted molar refractivity (Wildman–Crippen MR) is 33.1 cm³/mol. The van der Waals surface area contributed by atoms with E-state index < -0.39 is 0 Å². The third-order valence-electron chi connectivity index (χ3n) is 0.794. The molecule has 5 heteroatoms. The lowest BCUT2D eigenvalue weighted by atomic mass is 10.7. The van der Waals surface area contributed by atoms with Crippen LogP contribution in [-0.4, -0.2) is 14.0 Å². The van der Waals surface area contributed by atoms with Gasteiger partial charge in [-0.15, -0.1) is 5.10 Å². The molecular formula is C3HN3S2. The maximum absolute atomic E-state index is 3.96. The van der Waals surface area contributed by atoms with Gasteiger partial charge in [-0.05, 0) is 23.1 Å². The van der Waals surface area contributed by atoms with Crippen molar-refractivity contribution in [3.63, 3.8) is 0 Å². The van der Waals surface area contributed by atoms with Gasteiger partial charge in [-0.25, -0.2) is 0 Å². The number of aromatic nitrogens is 3. The van der Waals surface area contributed by atoms with Gasteiger partial charge >= 0.3 is 0 Å². The van der Waals surface area contributed by atoms with Crippen molar-refractivity contribution in [3.8, 4) is 0 Å². The molecule has 2 heterocycles. The van der Waals surface area contributed by atoms with Gasteiger partial charge in [0.2, 0.25) is 5.65 Å². The second kappa shape index (κ2) is 1.46. The SMILES string of the molecule is c1snc2nnsc12. The van der Waals surface area contributed by atoms with Crippen molar-refractivity contribution in [3.05, 3.63) is 5.38 Å². The van der Waals surface area contributed by atoms with E-state index in [-0.39, 0.29) is 0 Å². The van der Waals surface area contributed by atoms with Crippen LogP contribution in [0.2, 0.25) is 0 Å². The zero-order chi connectivity index (χ0) is 5.40. The molecule has 8 heavy (non-hydrogen) atoms. The zero-order valence-corrected chi connectivity index (χ0v) is 5.37. The van der Waals surface area contributed by atoms with Crippen molar-refractivity contribution in [2.24, 2.45) is 0 Å². The van der Waals surface area contributed by atoms with Gasteiger partial charge in [0, 0.05) is 5.38 Å². The Labute approximate surface area is 53.3 Å². The smallest absolute Gasteiger partial charge is 0.169 e. The Balaban J connectivity index is 3.06. The van der Waals surface area contributed by atoms with Crippen LogP contribution in [0.15, 0.2) is 5.38 Å². The normalized spacial score (nSPS) is 10.5. The van der Waals surface area contributed by atoms with Crippen LogP contribution in [0.25, 0.3) is 10.3 Å². The second-order valence-corrected chi connectivity index (χ2v) is 2.69. The fraction of sp³-hybridized carbons (Fsp3) is 0. The van der Waals surface area contributed by atoms with Crippen LogP contribution in [-0.2, 0) is 0 Å². The highest BCUT2D eigenvalue weighted by atomic mass is 32.1. The molecule has 0 saturated carbocycles. The van der Waals surface area contributed by atoms with Gasteiger partial charge in [0.1, 0.15) is 4.70 Å². The highest BCUT2D eigenvalue weighted by Gasteiger charge is 1.96. The average Bonchev–Trinajstić information content (AvgIpc) is 2.15. The van der Waals surface area contributed by atoms with E-state index >= 15 is 0 Å². The summed E-state index contributed by atoms with van der Waals surface area (Å²) in [4.78, 5) is 0. The fourth-order valence-corrected chi connectivity index (χ4v) is 1.68. The quantitative estimate of drug-likeness (QED) is 0.555. The molecule has 0 aliphatic rings. The minimum Gasteiger partial charge on any atom is -0.169 e. The van der Waals surface area contributed by atoms with E-state index in [1.807, 2.05) is 5.38 Å². The molecule has 0 amide bonds. The van der Waals surface area contributed by atoms with Crippen LogP contribution in [0.4, 0.5) is 0 Å². The summed E-state index contributed by atoms with van der Waals surface area (Å²) >= 11 is 2.80. The van der Waals surface area contributed by atoms with E-state index in [0.29, 0.717) is 0 Å². The van der Waals surface area contributed by atoms with E-state index in [1.165, 1.54) is 23.1 Å². The lowest BCUT2D eigenvalue weighted by molar-refractivity contribution is 1.18. The summed E-state index contributed by atoms with van der Waals surface area (Å²) in [7, 11) is 0. The first-order valence-corrected chi connectivity index (χ1v) is 3.60. The molecule has 3 nitrogen and oxygen atoms in total. The standard InChI is InChI=1S/C3HN3S2/c1-2-3(5-7-1)4-6-8-2/h1H. The minimum atomic E-state index is 0.778. The molecule has 0 fully saturated rings. The van der Waals surface area contributed by atoms with Crippen LogP contribution in [0.3, 0.4) is 0 Å². The molecule has 2 aromatic rings. The summed E-state index contributed by atoms with van der Waals surface area (Å²) in [6.07, 6.45) is 0. The summed E-state index contributed by atoms with van der Waals surface area (Å²) in [5.74, 6) is 0. The van der Waals surface area contributed by atoms with Crippen LogP contribution in [0.5, 0.6) is 0 Å². The van der Waals surface area contributed by atoms with E-state index in [0.717, 1.165) is 10.3 Å². The Morgan fingerprint density at radius 1 is 1.50 bits per heavy atom. The Bertz CT molecular complexity index is 234. The lowest BCUT2D eigenvalue weighted by Crippen LogP contribution is -1.62. The number of nitrogens with zero attached hydrogens (tertiary/aromatic N) is 3. The van der Waals surface area contributed by atoms with E-state index in [2.05, 4.69) is 14.0 Å². The Hall–Kier alpha value is -0.550. The van der Waals surface area contributed by atoms with Crippen molar-refractivity contribution in [2.75, 3.05) is 0 Å². The first kappa shape index (κ1) is 4.34. The van der Waals surface area contributed by atoms with Crippen molar-refractivity contribution in [1.82, 2.24) is 14.0 Å². The maximum Gasteiger partial charge on any atom is 0.207 e. The van der Waals surface area contributed by atoms with E-state index in [1.54, 1.807) is 0 Å². The molecule has 2 aromatic heterocycles. The van der Waals surface area contributed by atoms with Crippen molar-refractivity contribution < 1.29 is 0 Å². The summed E-state index contributed by atoms with van der Waals surface area (Å²) in [6, 6.07) is 0. The Morgan fingerprint density at radius 3 is 3.38 bits per heavy atom. The topological polar surface area (TPSA) is 38.7 Å². The first-order chi connectivity index (χ1) is 3.97. The molecule has 40 valence electrons. The molecule has 0 atom stereocenters. The minimum absolute atomic E-state index is 0.778. The van der Waals surface area contributed by atoms with Gasteiger partial charge < -0.3 is 0 Å². The number of rotatable bonds is 0. The largest absolute Gasteiger partial charge is 0.207 e. The molecule has 0 aromatic carbocycles. The molecule has 0 aliphatic heterocycles. The van der Waals surface area contributed by atoms with Gasteiger partial charge in [-0.1, -0.05) is 4.49 Å². The second-order valence-electron chi connectivity index (χ2n) is 1.28. The van der Waals surface area contributed by atoms with Gasteiger partial charge in [0.05, 0.1) is 0 Å². The van der Waals surface area contributed by atoms with Crippen LogP contribution < -0.4 is 0 Å². The Kier molecular flexibility index (Phi) is 0.793. The van der Waals surface area contributed by atoms with Crippen molar-refractivity contribution >= 4 is 33.4 Å². The monoisotopic (exact) mass is 143 g/mol. The highest BCUT2D eigenvalue weighted by molar-refractivity contribution is 7.16. The summed E-state index contributed by atoms with van der Waals surface area (Å²) < 4.78 is 8.73. The molecule has 2 rings (SSSR count). The zero-order valence-electron chi connectivity index (χ0n) is 3.74. The number of hydrogen-bond donors (Lipinski definition) is 0. The van der Waals surface area contributed by atoms with Crippen LogP contribution in [0.1, 0.15) is 0 Å². The molecule has 0 spiro atoms. The molecule has 0 bridgehead atoms. The molecule has 0 N–H and O–H groups in total. The van der Waals surface area contributed by atoms with E-state index in [4.69, 9.17) is 0 Å². The van der Waals surface area contributed by atoms with Gasteiger partial charge in [-0.2, -0.15) is 4.37 Å². The van der Waals surface area contributed by atoms with Gasteiger partial charge in [-0.3, -0.25) is 0 Å². The molecular weight excluding hydrogens is 142 g/mol. The maximum atomic E-state index is 3.96. The van der Waals surface area contributed by atoms with Gasteiger partial charge in [0.15, 0.2) is 0 Å².